The van der Waals surface area contributed by atoms with Gasteiger partial charge in [-0.05, 0) is 33.3 Å². The monoisotopic (exact) mass is 361 g/mol. The van der Waals surface area contributed by atoms with E-state index in [1.807, 2.05) is 0 Å². The molecule has 1 N–H and O–H groups in total. The van der Waals surface area contributed by atoms with E-state index in [-0.39, 0.29) is 6.04 Å². The Bertz CT molecular complexity index is 644. The summed E-state index contributed by atoms with van der Waals surface area (Å²) in [5, 5.41) is 9.47. The average Bonchev–Trinajstić information content (AvgIpc) is 2.92. The maximum atomic E-state index is 13.1. The van der Waals surface area contributed by atoms with Gasteiger partial charge in [-0.2, -0.15) is 13.2 Å². The van der Waals surface area contributed by atoms with Crippen LogP contribution < -0.4 is 9.64 Å². The molecule has 0 bridgehead atoms. The number of aromatic nitrogens is 1. The number of amides is 1. The molecule has 2 rings (SSSR count). The molecule has 140 valence electrons. The third kappa shape index (κ3) is 4.08. The zero-order chi connectivity index (χ0) is 19.0. The second-order valence-electron chi connectivity index (χ2n) is 6.96. The van der Waals surface area contributed by atoms with Crippen LogP contribution in [0, 0.1) is 0 Å². The summed E-state index contributed by atoms with van der Waals surface area (Å²) in [5.41, 5.74) is -1.24. The first-order chi connectivity index (χ1) is 11.4. The number of alkyl halides is 3. The molecule has 1 aliphatic heterocycles. The minimum atomic E-state index is -4.58. The molecule has 1 fully saturated rings. The van der Waals surface area contributed by atoms with Crippen LogP contribution in [-0.2, 0) is 6.18 Å². The summed E-state index contributed by atoms with van der Waals surface area (Å²) in [6.07, 6.45) is -3.76. The van der Waals surface area contributed by atoms with Gasteiger partial charge in [0.1, 0.15) is 5.56 Å². The summed E-state index contributed by atoms with van der Waals surface area (Å²) in [7, 11) is 1.14. The summed E-state index contributed by atoms with van der Waals surface area (Å²) in [4.78, 5) is 18.4. The van der Waals surface area contributed by atoms with Crippen molar-refractivity contribution < 1.29 is 27.8 Å². The number of rotatable bonds is 3. The predicted octanol–water partition coefficient (Wildman–Crippen LogP) is 3.47. The van der Waals surface area contributed by atoms with Gasteiger partial charge in [0.05, 0.1) is 25.0 Å². The van der Waals surface area contributed by atoms with Crippen LogP contribution in [0.25, 0.3) is 0 Å². The van der Waals surface area contributed by atoms with E-state index in [1.54, 1.807) is 25.7 Å². The molecular weight excluding hydrogens is 339 g/mol. The molecule has 1 amide bonds. The third-order valence-electron chi connectivity index (χ3n) is 4.16. The number of anilines is 1. The molecule has 0 unspecified atom stereocenters. The molecule has 6 nitrogen and oxygen atoms in total. The summed E-state index contributed by atoms with van der Waals surface area (Å²) in [6.45, 7) is 6.14. The average molecular weight is 361 g/mol. The summed E-state index contributed by atoms with van der Waals surface area (Å²) in [5.74, 6) is -0.478. The molecule has 1 aromatic rings. The normalized spacial score (nSPS) is 18.4. The molecule has 1 saturated heterocycles. The minimum Gasteiger partial charge on any atom is -0.481 e. The van der Waals surface area contributed by atoms with Crippen molar-refractivity contribution in [2.75, 3.05) is 25.1 Å². The van der Waals surface area contributed by atoms with Gasteiger partial charge in [0.2, 0.25) is 5.88 Å². The van der Waals surface area contributed by atoms with Crippen LogP contribution >= 0.6 is 0 Å². The lowest BCUT2D eigenvalue weighted by Crippen LogP contribution is -2.52. The fraction of sp³-hybridized carbons (Fsp3) is 0.625. The predicted molar refractivity (Wildman–Crippen MR) is 86.0 cm³/mol. The van der Waals surface area contributed by atoms with E-state index in [2.05, 4.69) is 9.72 Å². The number of hydrogen-bond donors (Lipinski definition) is 1. The highest BCUT2D eigenvalue weighted by Gasteiger charge is 2.39. The molecule has 25 heavy (non-hydrogen) atoms. The smallest absolute Gasteiger partial charge is 0.421 e. The Morgan fingerprint density at radius 1 is 1.40 bits per heavy atom. The van der Waals surface area contributed by atoms with Crippen molar-refractivity contribution in [3.63, 3.8) is 0 Å². The largest absolute Gasteiger partial charge is 0.481 e. The molecule has 0 radical (unpaired) electrons. The van der Waals surface area contributed by atoms with E-state index in [4.69, 9.17) is 0 Å². The maximum absolute atomic E-state index is 13.1. The molecule has 1 aromatic heterocycles. The number of methoxy groups -OCH3 is 1. The molecule has 9 heteroatoms. The van der Waals surface area contributed by atoms with E-state index in [9.17, 15) is 23.1 Å². The molecule has 1 aliphatic rings. The van der Waals surface area contributed by atoms with E-state index >= 15 is 0 Å². The molecule has 0 aromatic carbocycles. The Kier molecular flexibility index (Phi) is 5.06. The standard InChI is InChI=1S/C16H22F3N3O3/c1-15(2,3)22(14(23)24)10-5-6-21(9-10)11-7-12(16(17,18)19)13(25-4)20-8-11/h7-8,10H,5-6,9H2,1-4H3,(H,23,24)/t10-/m1/s1. The van der Waals surface area contributed by atoms with Gasteiger partial charge >= 0.3 is 12.3 Å². The SMILES string of the molecule is COc1ncc(N2CC[C@@H](N(C(=O)O)C(C)(C)C)C2)cc1C(F)(F)F. The Balaban J connectivity index is 2.26. The number of ether oxygens (including phenoxy) is 1. The van der Waals surface area contributed by atoms with Gasteiger partial charge in [-0.3, -0.25) is 4.90 Å². The summed E-state index contributed by atoms with van der Waals surface area (Å²) >= 11 is 0. The van der Waals surface area contributed by atoms with Crippen LogP contribution in [0.4, 0.5) is 23.7 Å². The first-order valence-corrected chi connectivity index (χ1v) is 7.83. The maximum Gasteiger partial charge on any atom is 0.421 e. The lowest BCUT2D eigenvalue weighted by molar-refractivity contribution is -0.139. The Morgan fingerprint density at radius 2 is 2.04 bits per heavy atom. The highest BCUT2D eigenvalue weighted by molar-refractivity contribution is 5.67. The highest BCUT2D eigenvalue weighted by Crippen LogP contribution is 2.38. The van der Waals surface area contributed by atoms with Gasteiger partial charge in [0.15, 0.2) is 0 Å². The van der Waals surface area contributed by atoms with Gasteiger partial charge in [-0.1, -0.05) is 0 Å². The van der Waals surface area contributed by atoms with Crippen molar-refractivity contribution in [2.24, 2.45) is 0 Å². The number of nitrogens with zero attached hydrogens (tertiary/aromatic N) is 3. The van der Waals surface area contributed by atoms with E-state index in [1.165, 1.54) is 11.1 Å². The van der Waals surface area contributed by atoms with Crippen molar-refractivity contribution >= 4 is 11.8 Å². The first kappa shape index (κ1) is 19.1. The van der Waals surface area contributed by atoms with Crippen molar-refractivity contribution in [3.05, 3.63) is 17.8 Å². The van der Waals surface area contributed by atoms with Crippen LogP contribution in [0.2, 0.25) is 0 Å². The Morgan fingerprint density at radius 3 is 2.52 bits per heavy atom. The molecule has 2 heterocycles. The van der Waals surface area contributed by atoms with Crippen molar-refractivity contribution in [2.45, 2.75) is 44.9 Å². The number of carboxylic acid groups (broad SMARTS) is 1. The quantitative estimate of drug-likeness (QED) is 0.893. The fourth-order valence-electron chi connectivity index (χ4n) is 3.16. The zero-order valence-electron chi connectivity index (χ0n) is 14.6. The van der Waals surface area contributed by atoms with Crippen LogP contribution in [0.3, 0.4) is 0 Å². The van der Waals surface area contributed by atoms with Crippen molar-refractivity contribution in [1.29, 1.82) is 0 Å². The summed E-state index contributed by atoms with van der Waals surface area (Å²) < 4.78 is 44.1. The lowest BCUT2D eigenvalue weighted by atomic mass is 10.0. The lowest BCUT2D eigenvalue weighted by Gasteiger charge is -2.38. The molecule has 0 saturated carbocycles. The summed E-state index contributed by atoms with van der Waals surface area (Å²) in [6, 6.07) is 0.699. The minimum absolute atomic E-state index is 0.297. The third-order valence-corrected chi connectivity index (χ3v) is 4.16. The highest BCUT2D eigenvalue weighted by atomic mass is 19.4. The Hall–Kier alpha value is -2.19. The van der Waals surface area contributed by atoms with Crippen LogP contribution in [0.5, 0.6) is 5.88 Å². The van der Waals surface area contributed by atoms with Gasteiger partial charge in [0.25, 0.3) is 0 Å². The van der Waals surface area contributed by atoms with Crippen LogP contribution in [0.1, 0.15) is 32.8 Å². The second kappa shape index (κ2) is 6.61. The zero-order valence-corrected chi connectivity index (χ0v) is 14.6. The molecule has 0 aliphatic carbocycles. The van der Waals surface area contributed by atoms with Crippen molar-refractivity contribution in [3.8, 4) is 5.88 Å². The van der Waals surface area contributed by atoms with E-state index in [0.29, 0.717) is 25.2 Å². The number of carbonyl (C=O) groups is 1. The second-order valence-corrected chi connectivity index (χ2v) is 6.96. The van der Waals surface area contributed by atoms with Gasteiger partial charge in [-0.15, -0.1) is 0 Å². The van der Waals surface area contributed by atoms with Gasteiger partial charge < -0.3 is 14.7 Å². The number of halogens is 3. The van der Waals surface area contributed by atoms with Gasteiger partial charge in [0, 0.05) is 18.6 Å². The van der Waals surface area contributed by atoms with Crippen molar-refractivity contribution in [1.82, 2.24) is 9.88 Å². The molecular formula is C16H22F3N3O3. The molecule has 0 spiro atoms. The fourth-order valence-corrected chi connectivity index (χ4v) is 3.16. The van der Waals surface area contributed by atoms with E-state index in [0.717, 1.165) is 13.2 Å². The first-order valence-electron chi connectivity index (χ1n) is 7.83. The Labute approximate surface area is 144 Å². The van der Waals surface area contributed by atoms with Crippen LogP contribution in [-0.4, -0.2) is 52.9 Å². The van der Waals surface area contributed by atoms with E-state index < -0.39 is 29.3 Å². The van der Waals surface area contributed by atoms with Crippen LogP contribution in [0.15, 0.2) is 12.3 Å². The number of hydrogen-bond acceptors (Lipinski definition) is 4. The molecule has 1 atom stereocenters. The van der Waals surface area contributed by atoms with Gasteiger partial charge in [-0.25, -0.2) is 9.78 Å². The number of pyridine rings is 1. The topological polar surface area (TPSA) is 65.9 Å².